The number of nitrogens with two attached hydrogens (primary N) is 4. The van der Waals surface area contributed by atoms with Gasteiger partial charge in [0.25, 0.3) is 0 Å². The monoisotopic (exact) mass is 1010 g/mol. The molecule has 1 saturated heterocycles. The van der Waals surface area contributed by atoms with Crippen LogP contribution in [0.4, 0.5) is 23.3 Å². The number of rotatable bonds is 14. The summed E-state index contributed by atoms with van der Waals surface area (Å²) in [4.78, 5) is 31.6. The van der Waals surface area contributed by atoms with Gasteiger partial charge in [-0.1, -0.05) is 29.7 Å². The molecule has 0 amide bonds. The fraction of sp³-hybridized carbons (Fsp3) is 0.524. The molecule has 18 nitrogen and oxygen atoms in total. The Kier molecular flexibility index (Phi) is 38.1. The van der Waals surface area contributed by atoms with Gasteiger partial charge in [-0.2, -0.15) is 0 Å². The van der Waals surface area contributed by atoms with Gasteiger partial charge in [-0.05, 0) is 99.3 Å². The van der Waals surface area contributed by atoms with Gasteiger partial charge in [0.1, 0.15) is 26.7 Å². The van der Waals surface area contributed by atoms with Crippen molar-refractivity contribution in [2.75, 3.05) is 62.6 Å². The van der Waals surface area contributed by atoms with E-state index >= 15 is 0 Å². The standard InChI is InChI=1S/C10H19BO3.C8H12BrN3O.C8H13N3O.C8H11N3O.C4H4BrN3.4CH4/c1-6-12-8-7-11-13-9(2,3)10(4,5)14-11;1-2-13-4-3-6-5-11-8(10)7(9)12-6;2*1-2-12-4-3-7-5-11-8(9)6-10-7;5-3-1-8-4(6)2-7-3;;;;/h7-8H,6H2,1-5H3;5H,2-4H2,1H3,(H2,10,11);5-6H,2-4H2,1H3,(H2,9,11);3-6H,2H2,1H3,(H2,9,11);1-2H,(H2,6,8);4*1H4/b8-7+;;;4-3+;;;;;. The normalized spacial score (nSPS) is 12.6. The molecule has 356 valence electrons. The molecule has 1 aliphatic heterocycles. The van der Waals surface area contributed by atoms with E-state index in [1.54, 1.807) is 55.6 Å². The third kappa shape index (κ3) is 29.5. The number of halogens is 2. The Morgan fingerprint density at radius 3 is 1.49 bits per heavy atom. The van der Waals surface area contributed by atoms with E-state index in [1.807, 2.05) is 55.4 Å². The summed E-state index contributed by atoms with van der Waals surface area (Å²) in [7, 11) is -0.299. The molecule has 63 heavy (non-hydrogen) atoms. The summed E-state index contributed by atoms with van der Waals surface area (Å²) in [5.41, 5.74) is 23.4. The van der Waals surface area contributed by atoms with Gasteiger partial charge < -0.3 is 51.2 Å². The highest BCUT2D eigenvalue weighted by Crippen LogP contribution is 2.36. The molecule has 0 bridgehead atoms. The van der Waals surface area contributed by atoms with E-state index in [2.05, 4.69) is 71.7 Å². The molecule has 5 heterocycles. The maximum Gasteiger partial charge on any atom is 0.490 e. The van der Waals surface area contributed by atoms with Gasteiger partial charge in [0.05, 0.1) is 111 Å². The fourth-order valence-corrected chi connectivity index (χ4v) is 4.35. The second-order valence-corrected chi connectivity index (χ2v) is 14.2. The fourth-order valence-electron chi connectivity index (χ4n) is 3.82. The van der Waals surface area contributed by atoms with E-state index < -0.39 is 0 Å². The number of aromatic nitrogens is 8. The van der Waals surface area contributed by atoms with Crippen LogP contribution in [0.15, 0.2) is 71.1 Å². The third-order valence-corrected chi connectivity index (χ3v) is 8.54. The Labute approximate surface area is 394 Å². The van der Waals surface area contributed by atoms with Gasteiger partial charge in [-0.25, -0.2) is 29.9 Å². The molecule has 4 aromatic rings. The zero-order chi connectivity index (χ0) is 44.1. The summed E-state index contributed by atoms with van der Waals surface area (Å²) in [5.74, 6) is 3.52. The predicted molar refractivity (Wildman–Crippen MR) is 266 cm³/mol. The van der Waals surface area contributed by atoms with Crippen LogP contribution in [0.2, 0.25) is 0 Å². The second-order valence-electron chi connectivity index (χ2n) is 12.7. The Bertz CT molecular complexity index is 1730. The van der Waals surface area contributed by atoms with Gasteiger partial charge in [0.15, 0.2) is 5.82 Å². The highest BCUT2D eigenvalue weighted by molar-refractivity contribution is 9.10. The first kappa shape index (κ1) is 65.1. The highest BCUT2D eigenvalue weighted by atomic mass is 79.9. The van der Waals surface area contributed by atoms with Crippen LogP contribution in [0.5, 0.6) is 0 Å². The van der Waals surface area contributed by atoms with Crippen molar-refractivity contribution in [3.63, 3.8) is 0 Å². The molecule has 0 saturated carbocycles. The van der Waals surface area contributed by atoms with Gasteiger partial charge in [-0.15, -0.1) is 0 Å². The minimum Gasteiger partial charge on any atom is -0.502 e. The van der Waals surface area contributed by atoms with Crippen molar-refractivity contribution in [1.29, 1.82) is 0 Å². The molecule has 5 rings (SSSR count). The number of nitrogen functional groups attached to an aromatic ring is 4. The van der Waals surface area contributed by atoms with E-state index in [-0.39, 0.29) is 48.0 Å². The number of anilines is 4. The van der Waals surface area contributed by atoms with Gasteiger partial charge in [-0.3, -0.25) is 9.97 Å². The van der Waals surface area contributed by atoms with Crippen molar-refractivity contribution in [3.8, 4) is 0 Å². The topological polar surface area (TPSA) is 263 Å². The van der Waals surface area contributed by atoms with Gasteiger partial charge >= 0.3 is 7.12 Å². The average Bonchev–Trinajstić information content (AvgIpc) is 3.42. The van der Waals surface area contributed by atoms with E-state index in [0.717, 1.165) is 43.1 Å². The molecule has 4 aromatic heterocycles. The van der Waals surface area contributed by atoms with Crippen LogP contribution in [-0.4, -0.2) is 97.8 Å². The minimum atomic E-state index is -0.299. The van der Waals surface area contributed by atoms with E-state index in [1.165, 1.54) is 12.4 Å². The van der Waals surface area contributed by atoms with E-state index in [9.17, 15) is 0 Å². The molecule has 1 fully saturated rings. The van der Waals surface area contributed by atoms with E-state index in [0.29, 0.717) is 58.9 Å². The summed E-state index contributed by atoms with van der Waals surface area (Å²) in [5, 5.41) is 0. The molecule has 21 heteroatoms. The van der Waals surface area contributed by atoms with Crippen LogP contribution in [0.1, 0.15) is 102 Å². The molecule has 0 atom stereocenters. The van der Waals surface area contributed by atoms with Crippen LogP contribution in [0, 0.1) is 0 Å². The summed E-state index contributed by atoms with van der Waals surface area (Å²) in [6, 6.07) is 0. The smallest absolute Gasteiger partial charge is 0.490 e. The van der Waals surface area contributed by atoms with Crippen molar-refractivity contribution in [2.45, 2.75) is 109 Å². The zero-order valence-corrected chi connectivity index (χ0v) is 38.3. The number of nitrogens with zero attached hydrogens (tertiary/aromatic N) is 8. The van der Waals surface area contributed by atoms with E-state index in [4.69, 9.17) is 51.2 Å². The maximum absolute atomic E-state index is 5.72. The molecule has 0 aromatic carbocycles. The molecule has 0 unspecified atom stereocenters. The second kappa shape index (κ2) is 36.9. The molecular formula is C42H75BBr2N12O6. The summed E-state index contributed by atoms with van der Waals surface area (Å²) in [6.07, 6.45) is 17.5. The third-order valence-electron chi connectivity index (χ3n) is 7.55. The lowest BCUT2D eigenvalue weighted by Crippen LogP contribution is -2.41. The van der Waals surface area contributed by atoms with Crippen LogP contribution in [0.25, 0.3) is 6.08 Å². The molecule has 0 aliphatic carbocycles. The first-order valence-corrected chi connectivity index (χ1v) is 20.4. The molecule has 1 aliphatic rings. The highest BCUT2D eigenvalue weighted by Gasteiger charge is 2.50. The van der Waals surface area contributed by atoms with Crippen molar-refractivity contribution >= 4 is 68.3 Å². The SMILES string of the molecule is C.C.C.C.CCO/C=C/B1OC(C)(C)C(C)(C)O1.CCO/C=C/c1cnc(N)cn1.CCOCCc1cnc(N)c(Br)n1.CCOCCc1cnc(N)cn1.Nc1cnc(Br)cn1. The number of hydrogen-bond acceptors (Lipinski definition) is 18. The predicted octanol–water partition coefficient (Wildman–Crippen LogP) is 8.64. The summed E-state index contributed by atoms with van der Waals surface area (Å²) >= 11 is 6.33. The minimum absolute atomic E-state index is 0. The zero-order valence-electron chi connectivity index (χ0n) is 35.2. The number of ether oxygens (including phenoxy) is 4. The number of hydrogen-bond donors (Lipinski definition) is 4. The van der Waals surface area contributed by atoms with Crippen molar-refractivity contribution in [1.82, 2.24) is 39.9 Å². The van der Waals surface area contributed by atoms with Gasteiger partial charge in [0, 0.05) is 26.1 Å². The lowest BCUT2D eigenvalue weighted by molar-refractivity contribution is 0.00578. The van der Waals surface area contributed by atoms with Crippen LogP contribution in [-0.2, 0) is 41.1 Å². The summed E-state index contributed by atoms with van der Waals surface area (Å²) in [6.45, 7) is 20.0. The first-order chi connectivity index (χ1) is 28.1. The Morgan fingerprint density at radius 1 is 0.587 bits per heavy atom. The quantitative estimate of drug-likeness (QED) is 0.0523. The molecular weight excluding hydrogens is 939 g/mol. The first-order valence-electron chi connectivity index (χ1n) is 18.8. The lowest BCUT2D eigenvalue weighted by Gasteiger charge is -2.32. The molecule has 0 radical (unpaired) electrons. The summed E-state index contributed by atoms with van der Waals surface area (Å²) < 4.78 is 33.2. The van der Waals surface area contributed by atoms with Crippen molar-refractivity contribution in [3.05, 3.63) is 88.2 Å². The van der Waals surface area contributed by atoms with Crippen molar-refractivity contribution < 1.29 is 28.3 Å². The Morgan fingerprint density at radius 2 is 1.06 bits per heavy atom. The average molecular weight is 1010 g/mol. The Hall–Kier alpha value is -4.54. The molecule has 8 N–H and O–H groups in total. The molecule has 0 spiro atoms. The largest absolute Gasteiger partial charge is 0.502 e. The van der Waals surface area contributed by atoms with Crippen LogP contribution in [0.3, 0.4) is 0 Å². The van der Waals surface area contributed by atoms with Crippen LogP contribution >= 0.6 is 31.9 Å². The van der Waals surface area contributed by atoms with Crippen LogP contribution < -0.4 is 22.9 Å². The van der Waals surface area contributed by atoms with Gasteiger partial charge in [0.2, 0.25) is 0 Å². The van der Waals surface area contributed by atoms with Crippen molar-refractivity contribution in [2.24, 2.45) is 0 Å². The lowest BCUT2D eigenvalue weighted by atomic mass is 9.90. The Balaban J connectivity index is -0.000000343. The maximum atomic E-state index is 5.72.